The highest BCUT2D eigenvalue weighted by Gasteiger charge is 2.43. The van der Waals surface area contributed by atoms with E-state index < -0.39 is 11.4 Å². The molecule has 178 valence electrons. The highest BCUT2D eigenvalue weighted by atomic mass is 16.4. The molecule has 0 unspecified atom stereocenters. The Hall–Kier alpha value is -3.55. The van der Waals surface area contributed by atoms with E-state index in [0.29, 0.717) is 31.6 Å². The van der Waals surface area contributed by atoms with Crippen LogP contribution >= 0.6 is 0 Å². The normalized spacial score (nSPS) is 14.7. The van der Waals surface area contributed by atoms with Crippen LogP contribution in [0.4, 0.5) is 0 Å². The number of hydrogen-bond donors (Lipinski definition) is 2. The molecule has 4 rings (SSSR count). The molecule has 1 saturated carbocycles. The van der Waals surface area contributed by atoms with Crippen LogP contribution in [-0.2, 0) is 16.1 Å². The number of H-pyrrole nitrogens is 1. The lowest BCUT2D eigenvalue weighted by atomic mass is 9.85. The smallest absolute Gasteiger partial charge is 0.311 e. The number of nitrogens with one attached hydrogen (secondary N) is 1. The van der Waals surface area contributed by atoms with Crippen LogP contribution in [0.1, 0.15) is 57.4 Å². The Morgan fingerprint density at radius 2 is 1.76 bits per heavy atom. The van der Waals surface area contributed by atoms with Gasteiger partial charge in [0.2, 0.25) is 11.7 Å². The number of aliphatic carboxylic acids is 1. The number of nitrogens with zero attached hydrogens (tertiary/aromatic N) is 4. The lowest BCUT2D eigenvalue weighted by molar-refractivity contribution is -0.151. The van der Waals surface area contributed by atoms with Crippen LogP contribution in [0.2, 0.25) is 0 Å². The second-order valence-electron chi connectivity index (χ2n) is 9.12. The number of amides is 1. The summed E-state index contributed by atoms with van der Waals surface area (Å²) in [5, 5.41) is 24.3. The van der Waals surface area contributed by atoms with Crippen molar-refractivity contribution >= 4 is 11.9 Å². The number of aromatic nitrogens is 4. The minimum atomic E-state index is -0.828. The fourth-order valence-corrected chi connectivity index (χ4v) is 4.79. The molecule has 0 aliphatic heterocycles. The fourth-order valence-electron chi connectivity index (χ4n) is 4.79. The number of carboxylic acid groups (broad SMARTS) is 1. The molecule has 34 heavy (non-hydrogen) atoms. The molecule has 2 N–H and O–H groups in total. The Balaban J connectivity index is 1.56. The number of carbonyl (C=O) groups is 2. The summed E-state index contributed by atoms with van der Waals surface area (Å²) < 4.78 is 0. The van der Waals surface area contributed by atoms with Gasteiger partial charge in [-0.25, -0.2) is 0 Å². The number of hydrogen-bond acceptors (Lipinski definition) is 5. The third kappa shape index (κ3) is 5.16. The summed E-state index contributed by atoms with van der Waals surface area (Å²) >= 11 is 0. The molecule has 1 aromatic heterocycles. The molecule has 0 spiro atoms. The molecule has 1 aliphatic carbocycles. The first-order chi connectivity index (χ1) is 16.5. The van der Waals surface area contributed by atoms with Crippen molar-refractivity contribution in [2.45, 2.75) is 58.4 Å². The third-order valence-electron chi connectivity index (χ3n) is 6.76. The average Bonchev–Trinajstić information content (AvgIpc) is 3.56. The van der Waals surface area contributed by atoms with Gasteiger partial charge in [0, 0.05) is 25.1 Å². The lowest BCUT2D eigenvalue weighted by Gasteiger charge is -2.32. The van der Waals surface area contributed by atoms with E-state index >= 15 is 0 Å². The zero-order valence-corrected chi connectivity index (χ0v) is 19.5. The van der Waals surface area contributed by atoms with E-state index in [2.05, 4.69) is 27.5 Å². The van der Waals surface area contributed by atoms with E-state index in [1.165, 1.54) is 0 Å². The monoisotopic (exact) mass is 461 g/mol. The molecule has 0 bridgehead atoms. The maximum Gasteiger partial charge on any atom is 0.311 e. The third-order valence-corrected chi connectivity index (χ3v) is 6.76. The highest BCUT2D eigenvalue weighted by molar-refractivity contribution is 5.81. The van der Waals surface area contributed by atoms with Crippen molar-refractivity contribution in [3.05, 3.63) is 54.1 Å². The fraction of sp³-hybridized carbons (Fsp3) is 0.423. The van der Waals surface area contributed by atoms with Crippen LogP contribution in [0.15, 0.2) is 48.5 Å². The maximum atomic E-state index is 13.0. The standard InChI is InChI=1S/C26H31N5O3/c1-2-3-10-23(32)31(18-26(25(33)34)15-6-7-16-26)17-19-11-13-20(14-12-19)21-8-4-5-9-22(21)24-27-29-30-28-24/h4-5,8-9,11-14H,2-3,6-7,10,15-18H2,1H3,(H,33,34)(H,27,28,29,30). The van der Waals surface area contributed by atoms with Gasteiger partial charge < -0.3 is 10.0 Å². The van der Waals surface area contributed by atoms with Crippen molar-refractivity contribution < 1.29 is 14.7 Å². The molecule has 1 aliphatic rings. The summed E-state index contributed by atoms with van der Waals surface area (Å²) in [5.41, 5.74) is 3.02. The molecule has 2 aromatic carbocycles. The molecular weight excluding hydrogens is 430 g/mol. The predicted molar refractivity (Wildman–Crippen MR) is 129 cm³/mol. The number of tetrazole rings is 1. The van der Waals surface area contributed by atoms with Crippen LogP contribution < -0.4 is 0 Å². The summed E-state index contributed by atoms with van der Waals surface area (Å²) in [6.07, 6.45) is 5.24. The number of rotatable bonds is 10. The number of benzene rings is 2. The molecule has 8 nitrogen and oxygen atoms in total. The number of carboxylic acids is 1. The van der Waals surface area contributed by atoms with Crippen LogP contribution in [0.25, 0.3) is 22.5 Å². The molecule has 1 fully saturated rings. The van der Waals surface area contributed by atoms with E-state index in [1.807, 2.05) is 48.5 Å². The van der Waals surface area contributed by atoms with E-state index in [4.69, 9.17) is 0 Å². The Kier molecular flexibility index (Phi) is 7.35. The van der Waals surface area contributed by atoms with E-state index in [0.717, 1.165) is 47.9 Å². The van der Waals surface area contributed by atoms with Crippen molar-refractivity contribution in [1.82, 2.24) is 25.5 Å². The van der Waals surface area contributed by atoms with E-state index in [-0.39, 0.29) is 12.5 Å². The molecule has 8 heteroatoms. The first-order valence-corrected chi connectivity index (χ1v) is 12.0. The first kappa shape index (κ1) is 23.6. The second-order valence-corrected chi connectivity index (χ2v) is 9.12. The van der Waals surface area contributed by atoms with Gasteiger partial charge in [-0.15, -0.1) is 10.2 Å². The quantitative estimate of drug-likeness (QED) is 0.453. The van der Waals surface area contributed by atoms with Gasteiger partial charge in [-0.3, -0.25) is 9.59 Å². The van der Waals surface area contributed by atoms with Crippen molar-refractivity contribution in [2.75, 3.05) is 6.54 Å². The molecule has 1 amide bonds. The number of aromatic amines is 1. The Morgan fingerprint density at radius 1 is 1.06 bits per heavy atom. The van der Waals surface area contributed by atoms with Crippen LogP contribution in [0, 0.1) is 5.41 Å². The Morgan fingerprint density at radius 3 is 2.38 bits per heavy atom. The van der Waals surface area contributed by atoms with Crippen LogP contribution in [0.3, 0.4) is 0 Å². The summed E-state index contributed by atoms with van der Waals surface area (Å²) in [6, 6.07) is 15.9. The minimum absolute atomic E-state index is 0.0286. The minimum Gasteiger partial charge on any atom is -0.481 e. The Labute approximate surface area is 199 Å². The maximum absolute atomic E-state index is 13.0. The summed E-state index contributed by atoms with van der Waals surface area (Å²) in [6.45, 7) is 2.73. The predicted octanol–water partition coefficient (Wildman–Crippen LogP) is 4.70. The largest absolute Gasteiger partial charge is 0.481 e. The van der Waals surface area contributed by atoms with E-state index in [1.54, 1.807) is 4.90 Å². The molecule has 0 saturated heterocycles. The molecule has 1 heterocycles. The number of carbonyl (C=O) groups excluding carboxylic acids is 1. The van der Waals surface area contributed by atoms with Gasteiger partial charge in [0.25, 0.3) is 0 Å². The topological polar surface area (TPSA) is 112 Å². The highest BCUT2D eigenvalue weighted by Crippen LogP contribution is 2.39. The lowest BCUT2D eigenvalue weighted by Crippen LogP contribution is -2.43. The summed E-state index contributed by atoms with van der Waals surface area (Å²) in [4.78, 5) is 26.9. The van der Waals surface area contributed by atoms with E-state index in [9.17, 15) is 14.7 Å². The Bertz CT molecular complexity index is 1110. The van der Waals surface area contributed by atoms with Gasteiger partial charge in [-0.05, 0) is 41.2 Å². The van der Waals surface area contributed by atoms with Crippen molar-refractivity contribution in [3.63, 3.8) is 0 Å². The van der Waals surface area contributed by atoms with Crippen molar-refractivity contribution in [3.8, 4) is 22.5 Å². The van der Waals surface area contributed by atoms with Gasteiger partial charge in [-0.2, -0.15) is 5.21 Å². The SMILES string of the molecule is CCCCC(=O)N(Cc1ccc(-c2ccccc2-c2nn[nH]n2)cc1)CC1(C(=O)O)CCCC1. The van der Waals surface area contributed by atoms with Crippen LogP contribution in [0.5, 0.6) is 0 Å². The van der Waals surface area contributed by atoms with Gasteiger partial charge >= 0.3 is 5.97 Å². The average molecular weight is 462 g/mol. The zero-order chi connectivity index (χ0) is 24.0. The van der Waals surface area contributed by atoms with Crippen LogP contribution in [-0.4, -0.2) is 49.1 Å². The first-order valence-electron chi connectivity index (χ1n) is 12.0. The molecule has 0 atom stereocenters. The van der Waals surface area contributed by atoms with Gasteiger partial charge in [0.1, 0.15) is 0 Å². The summed E-state index contributed by atoms with van der Waals surface area (Å²) in [7, 11) is 0. The van der Waals surface area contributed by atoms with Gasteiger partial charge in [0.15, 0.2) is 0 Å². The zero-order valence-electron chi connectivity index (χ0n) is 19.5. The number of unbranched alkanes of at least 4 members (excludes halogenated alkanes) is 1. The van der Waals surface area contributed by atoms with Crippen molar-refractivity contribution in [2.24, 2.45) is 5.41 Å². The summed E-state index contributed by atoms with van der Waals surface area (Å²) in [5.74, 6) is -0.226. The molecule has 3 aromatic rings. The molecule has 0 radical (unpaired) electrons. The van der Waals surface area contributed by atoms with Crippen molar-refractivity contribution in [1.29, 1.82) is 0 Å². The van der Waals surface area contributed by atoms with Gasteiger partial charge in [-0.1, -0.05) is 74.7 Å². The van der Waals surface area contributed by atoms with Gasteiger partial charge in [0.05, 0.1) is 5.41 Å². The molecular formula is C26H31N5O3. The second kappa shape index (κ2) is 10.6.